The number of ether oxygens (including phenoxy) is 3. The average molecular weight is 551 g/mol. The molecule has 0 fully saturated rings. The zero-order valence-electron chi connectivity index (χ0n) is 20.4. The Morgan fingerprint density at radius 2 is 1.87 bits per heavy atom. The number of benzene rings is 3. The molecule has 10 nitrogen and oxygen atoms in total. The maximum Gasteiger partial charge on any atom is 0.252 e. The SMILES string of the molecule is COc1ccc2cc(CN(Cc3ccc4c(c3)OCO4)S(=O)(=O)c3c(C)ccc4nsnc34)c(=O)[nH]c2c1. The van der Waals surface area contributed by atoms with E-state index in [1.807, 2.05) is 6.07 Å². The van der Waals surface area contributed by atoms with Gasteiger partial charge in [0.05, 0.1) is 24.4 Å². The molecule has 0 saturated heterocycles. The van der Waals surface area contributed by atoms with E-state index in [-0.39, 0.29) is 30.3 Å². The minimum Gasteiger partial charge on any atom is -0.497 e. The summed E-state index contributed by atoms with van der Waals surface area (Å²) in [6.45, 7) is 1.66. The summed E-state index contributed by atoms with van der Waals surface area (Å²) in [4.78, 5) is 16.0. The summed E-state index contributed by atoms with van der Waals surface area (Å²) in [6.07, 6.45) is 0. The van der Waals surface area contributed by atoms with Crippen molar-refractivity contribution in [3.63, 3.8) is 0 Å². The Bertz CT molecular complexity index is 1870. The fourth-order valence-electron chi connectivity index (χ4n) is 4.51. The van der Waals surface area contributed by atoms with Crippen molar-refractivity contribution >= 4 is 43.7 Å². The number of hydrogen-bond donors (Lipinski definition) is 1. The number of aryl methyl sites for hydroxylation is 1. The van der Waals surface area contributed by atoms with Crippen molar-refractivity contribution in [2.24, 2.45) is 0 Å². The highest BCUT2D eigenvalue weighted by atomic mass is 32.2. The van der Waals surface area contributed by atoms with Crippen molar-refractivity contribution in [2.75, 3.05) is 13.9 Å². The number of pyridine rings is 1. The fraction of sp³-hybridized carbons (Fsp3) is 0.192. The average Bonchev–Trinajstić information content (AvgIpc) is 3.57. The molecule has 2 aromatic heterocycles. The summed E-state index contributed by atoms with van der Waals surface area (Å²) in [5, 5.41) is 0.753. The number of H-pyrrole nitrogens is 1. The zero-order valence-corrected chi connectivity index (χ0v) is 22.1. The molecular formula is C26H22N4O6S2. The van der Waals surface area contributed by atoms with E-state index in [4.69, 9.17) is 14.2 Å². The summed E-state index contributed by atoms with van der Waals surface area (Å²) >= 11 is 0.953. The molecule has 0 saturated carbocycles. The summed E-state index contributed by atoms with van der Waals surface area (Å²) < 4.78 is 54.4. The first kappa shape index (κ1) is 24.3. The molecule has 1 aliphatic rings. The summed E-state index contributed by atoms with van der Waals surface area (Å²) in [5.74, 6) is 1.74. The van der Waals surface area contributed by atoms with Crippen molar-refractivity contribution in [1.29, 1.82) is 0 Å². The van der Waals surface area contributed by atoms with Gasteiger partial charge in [0.1, 0.15) is 21.7 Å². The number of fused-ring (bicyclic) bond motifs is 3. The predicted octanol–water partition coefficient (Wildman–Crippen LogP) is 3.97. The first-order valence-electron chi connectivity index (χ1n) is 11.6. The van der Waals surface area contributed by atoms with Crippen molar-refractivity contribution in [3.05, 3.63) is 81.6 Å². The van der Waals surface area contributed by atoms with E-state index in [1.165, 1.54) is 4.31 Å². The lowest BCUT2D eigenvalue weighted by Gasteiger charge is -2.23. The second kappa shape index (κ2) is 9.39. The van der Waals surface area contributed by atoms with Gasteiger partial charge in [-0.05, 0) is 59.8 Å². The smallest absolute Gasteiger partial charge is 0.252 e. The maximum atomic E-state index is 14.2. The molecule has 0 spiro atoms. The summed E-state index contributed by atoms with van der Waals surface area (Å²) in [5.41, 5.74) is 2.54. The Hall–Kier alpha value is -4.00. The van der Waals surface area contributed by atoms with Gasteiger partial charge in [-0.3, -0.25) is 4.79 Å². The Labute approximate surface area is 221 Å². The van der Waals surface area contributed by atoms with Gasteiger partial charge in [-0.15, -0.1) is 0 Å². The maximum absolute atomic E-state index is 14.2. The van der Waals surface area contributed by atoms with Crippen LogP contribution in [0, 0.1) is 6.92 Å². The molecule has 1 N–H and O–H groups in total. The van der Waals surface area contributed by atoms with Crippen LogP contribution in [0.25, 0.3) is 21.9 Å². The number of nitrogens with one attached hydrogen (secondary N) is 1. The first-order chi connectivity index (χ1) is 18.3. The number of rotatable bonds is 7. The van der Waals surface area contributed by atoms with Crippen LogP contribution in [0.15, 0.2) is 64.3 Å². The van der Waals surface area contributed by atoms with Crippen LogP contribution >= 0.6 is 11.7 Å². The van der Waals surface area contributed by atoms with Crippen molar-refractivity contribution in [2.45, 2.75) is 24.9 Å². The highest BCUT2D eigenvalue weighted by Crippen LogP contribution is 2.34. The lowest BCUT2D eigenvalue weighted by molar-refractivity contribution is 0.174. The largest absolute Gasteiger partial charge is 0.497 e. The van der Waals surface area contributed by atoms with E-state index in [9.17, 15) is 13.2 Å². The van der Waals surface area contributed by atoms with Gasteiger partial charge in [0.15, 0.2) is 11.5 Å². The molecule has 0 radical (unpaired) electrons. The second-order valence-corrected chi connectivity index (χ2v) is 11.3. The molecule has 0 amide bonds. The monoisotopic (exact) mass is 550 g/mol. The molecule has 0 aliphatic carbocycles. The van der Waals surface area contributed by atoms with Crippen molar-refractivity contribution in [3.8, 4) is 17.2 Å². The topological polar surface area (TPSA) is 124 Å². The van der Waals surface area contributed by atoms with Gasteiger partial charge in [-0.25, -0.2) is 8.42 Å². The number of aromatic amines is 1. The minimum atomic E-state index is -4.13. The Balaban J connectivity index is 1.46. The van der Waals surface area contributed by atoms with E-state index in [0.717, 1.165) is 17.1 Å². The lowest BCUT2D eigenvalue weighted by atomic mass is 10.1. The van der Waals surface area contributed by atoms with Crippen molar-refractivity contribution < 1.29 is 22.6 Å². The van der Waals surface area contributed by atoms with Gasteiger partial charge in [-0.1, -0.05) is 12.1 Å². The number of nitrogens with zero attached hydrogens (tertiary/aromatic N) is 3. The molecule has 3 aromatic carbocycles. The van der Waals surface area contributed by atoms with Gasteiger partial charge in [0, 0.05) is 24.7 Å². The fourth-order valence-corrected chi connectivity index (χ4v) is 6.87. The van der Waals surface area contributed by atoms with Crippen LogP contribution in [0.3, 0.4) is 0 Å². The summed E-state index contributed by atoms with van der Waals surface area (Å²) in [6, 6.07) is 15.8. The molecule has 0 atom stereocenters. The van der Waals surface area contributed by atoms with E-state index in [2.05, 4.69) is 13.7 Å². The molecule has 1 aliphatic heterocycles. The lowest BCUT2D eigenvalue weighted by Crippen LogP contribution is -2.33. The van der Waals surface area contributed by atoms with E-state index in [1.54, 1.807) is 62.6 Å². The van der Waals surface area contributed by atoms with E-state index < -0.39 is 10.0 Å². The van der Waals surface area contributed by atoms with Gasteiger partial charge in [-0.2, -0.15) is 13.1 Å². The van der Waals surface area contributed by atoms with Gasteiger partial charge in [0.2, 0.25) is 16.8 Å². The van der Waals surface area contributed by atoms with E-state index in [0.29, 0.717) is 50.5 Å². The Morgan fingerprint density at radius 3 is 2.71 bits per heavy atom. The molecule has 5 aromatic rings. The standard InChI is InChI=1S/C26H22N4O6S2/c1-15-3-7-20-24(29-37-28-20)25(15)38(32,33)30(12-16-4-8-22-23(9-16)36-14-35-22)13-18-10-17-5-6-19(34-2)11-21(17)27-26(18)31/h3-11H,12-14H2,1-2H3,(H,27,31). The van der Waals surface area contributed by atoms with Crippen LogP contribution in [-0.2, 0) is 23.1 Å². The summed E-state index contributed by atoms with van der Waals surface area (Å²) in [7, 11) is -2.58. The van der Waals surface area contributed by atoms with Crippen LogP contribution < -0.4 is 19.8 Å². The van der Waals surface area contributed by atoms with Gasteiger partial charge < -0.3 is 19.2 Å². The number of sulfonamides is 1. The highest BCUT2D eigenvalue weighted by Gasteiger charge is 2.31. The van der Waals surface area contributed by atoms with Crippen LogP contribution in [0.1, 0.15) is 16.7 Å². The molecule has 6 rings (SSSR count). The number of aromatic nitrogens is 3. The third-order valence-corrected chi connectivity index (χ3v) is 8.96. The molecule has 38 heavy (non-hydrogen) atoms. The molecule has 194 valence electrons. The predicted molar refractivity (Wildman–Crippen MR) is 142 cm³/mol. The number of hydrogen-bond acceptors (Lipinski definition) is 9. The van der Waals surface area contributed by atoms with Gasteiger partial charge in [0.25, 0.3) is 5.56 Å². The normalized spacial score (nSPS) is 13.0. The Kier molecular flexibility index (Phi) is 6.01. The zero-order chi connectivity index (χ0) is 26.4. The van der Waals surface area contributed by atoms with Crippen LogP contribution in [0.4, 0.5) is 0 Å². The van der Waals surface area contributed by atoms with Crippen LogP contribution in [-0.4, -0.2) is 40.4 Å². The van der Waals surface area contributed by atoms with Crippen molar-refractivity contribution in [1.82, 2.24) is 18.0 Å². The molecule has 12 heteroatoms. The highest BCUT2D eigenvalue weighted by molar-refractivity contribution is 7.89. The van der Waals surface area contributed by atoms with Gasteiger partial charge >= 0.3 is 0 Å². The van der Waals surface area contributed by atoms with E-state index >= 15 is 0 Å². The molecular weight excluding hydrogens is 528 g/mol. The third-order valence-electron chi connectivity index (χ3n) is 6.45. The number of methoxy groups -OCH3 is 1. The Morgan fingerprint density at radius 1 is 1.03 bits per heavy atom. The second-order valence-electron chi connectivity index (χ2n) is 8.88. The minimum absolute atomic E-state index is 0.00748. The third kappa shape index (κ3) is 4.26. The van der Waals surface area contributed by atoms with Crippen LogP contribution in [0.2, 0.25) is 0 Å². The molecule has 0 unspecified atom stereocenters. The van der Waals surface area contributed by atoms with Crippen LogP contribution in [0.5, 0.6) is 17.2 Å². The first-order valence-corrected chi connectivity index (χ1v) is 13.8. The molecule has 3 heterocycles. The molecule has 0 bridgehead atoms. The quantitative estimate of drug-likeness (QED) is 0.323.